The lowest BCUT2D eigenvalue weighted by atomic mass is 9.75. The molecular formula is C14H17F2N. The molecule has 0 aliphatic carbocycles. The van der Waals surface area contributed by atoms with Crippen LogP contribution in [0.2, 0.25) is 0 Å². The second kappa shape index (κ2) is 5.77. The second-order valence-electron chi connectivity index (χ2n) is 4.35. The van der Waals surface area contributed by atoms with Crippen molar-refractivity contribution in [3.63, 3.8) is 0 Å². The van der Waals surface area contributed by atoms with E-state index in [-0.39, 0.29) is 0 Å². The monoisotopic (exact) mass is 237 g/mol. The predicted molar refractivity (Wildman–Crippen MR) is 63.5 cm³/mol. The average Bonchev–Trinajstić information content (AvgIpc) is 2.27. The molecule has 0 saturated carbocycles. The van der Waals surface area contributed by atoms with Crippen molar-refractivity contribution < 1.29 is 8.78 Å². The SMILES string of the molecule is CCCC(C#N)(CCC)c1cc(F)cc(F)c1. The summed E-state index contributed by atoms with van der Waals surface area (Å²) in [4.78, 5) is 0. The van der Waals surface area contributed by atoms with Gasteiger partial charge < -0.3 is 0 Å². The molecule has 17 heavy (non-hydrogen) atoms. The Morgan fingerprint density at radius 2 is 1.53 bits per heavy atom. The van der Waals surface area contributed by atoms with Crippen LogP contribution in [0.25, 0.3) is 0 Å². The van der Waals surface area contributed by atoms with Crippen LogP contribution in [0, 0.1) is 23.0 Å². The molecule has 92 valence electrons. The Hall–Kier alpha value is -1.43. The van der Waals surface area contributed by atoms with E-state index in [2.05, 4.69) is 6.07 Å². The van der Waals surface area contributed by atoms with Gasteiger partial charge in [-0.3, -0.25) is 0 Å². The summed E-state index contributed by atoms with van der Waals surface area (Å²) < 4.78 is 26.5. The zero-order chi connectivity index (χ0) is 12.9. The molecule has 0 saturated heterocycles. The third-order valence-electron chi connectivity index (χ3n) is 2.98. The Balaban J connectivity index is 3.25. The Labute approximate surface area is 101 Å². The minimum absolute atomic E-state index is 0.459. The van der Waals surface area contributed by atoms with Crippen molar-refractivity contribution in [3.05, 3.63) is 35.4 Å². The summed E-state index contributed by atoms with van der Waals surface area (Å²) in [5.41, 5.74) is -0.298. The molecule has 0 bridgehead atoms. The van der Waals surface area contributed by atoms with Crippen molar-refractivity contribution in [2.24, 2.45) is 0 Å². The van der Waals surface area contributed by atoms with Crippen LogP contribution in [0.4, 0.5) is 8.78 Å². The molecule has 0 unspecified atom stereocenters. The zero-order valence-corrected chi connectivity index (χ0v) is 10.3. The van der Waals surface area contributed by atoms with Gasteiger partial charge >= 0.3 is 0 Å². The molecule has 0 N–H and O–H groups in total. The molecule has 0 radical (unpaired) electrons. The molecule has 0 fully saturated rings. The van der Waals surface area contributed by atoms with E-state index < -0.39 is 17.0 Å². The number of hydrogen-bond acceptors (Lipinski definition) is 1. The van der Waals surface area contributed by atoms with Crippen molar-refractivity contribution in [1.29, 1.82) is 5.26 Å². The molecule has 3 heteroatoms. The van der Waals surface area contributed by atoms with Crippen LogP contribution in [-0.2, 0) is 5.41 Å². The second-order valence-corrected chi connectivity index (χ2v) is 4.35. The number of benzene rings is 1. The van der Waals surface area contributed by atoms with Crippen LogP contribution in [0.1, 0.15) is 45.1 Å². The van der Waals surface area contributed by atoms with Crippen molar-refractivity contribution in [3.8, 4) is 6.07 Å². The van der Waals surface area contributed by atoms with Gasteiger partial charge in [0.05, 0.1) is 11.5 Å². The molecule has 0 heterocycles. The van der Waals surface area contributed by atoms with Gasteiger partial charge in [0.15, 0.2) is 0 Å². The van der Waals surface area contributed by atoms with Gasteiger partial charge in [-0.05, 0) is 30.5 Å². The van der Waals surface area contributed by atoms with Crippen molar-refractivity contribution in [1.82, 2.24) is 0 Å². The molecule has 0 spiro atoms. The summed E-state index contributed by atoms with van der Waals surface area (Å²) in [7, 11) is 0. The molecule has 1 aromatic rings. The highest BCUT2D eigenvalue weighted by Gasteiger charge is 2.31. The zero-order valence-electron chi connectivity index (χ0n) is 10.3. The molecule has 1 aromatic carbocycles. The molecule has 0 atom stereocenters. The summed E-state index contributed by atoms with van der Waals surface area (Å²) in [6.45, 7) is 3.94. The van der Waals surface area contributed by atoms with E-state index in [1.54, 1.807) is 0 Å². The number of rotatable bonds is 5. The number of nitriles is 1. The molecule has 1 rings (SSSR count). The van der Waals surface area contributed by atoms with Crippen molar-refractivity contribution >= 4 is 0 Å². The predicted octanol–water partition coefficient (Wildman–Crippen LogP) is 4.33. The molecule has 0 aliphatic heterocycles. The van der Waals surface area contributed by atoms with Crippen molar-refractivity contribution in [2.45, 2.75) is 44.9 Å². The third kappa shape index (κ3) is 3.03. The largest absolute Gasteiger partial charge is 0.207 e. The maximum atomic E-state index is 13.2. The van der Waals surface area contributed by atoms with Gasteiger partial charge in [-0.15, -0.1) is 0 Å². The fraction of sp³-hybridized carbons (Fsp3) is 0.500. The summed E-state index contributed by atoms with van der Waals surface area (Å²) in [6.07, 6.45) is 2.87. The normalized spacial score (nSPS) is 11.2. The molecule has 0 aromatic heterocycles. The van der Waals surface area contributed by atoms with E-state index in [1.165, 1.54) is 12.1 Å². The fourth-order valence-electron chi connectivity index (χ4n) is 2.27. The Morgan fingerprint density at radius 1 is 1.06 bits per heavy atom. The number of hydrogen-bond donors (Lipinski definition) is 0. The average molecular weight is 237 g/mol. The summed E-state index contributed by atoms with van der Waals surface area (Å²) in [5.74, 6) is -1.24. The quantitative estimate of drug-likeness (QED) is 0.747. The van der Waals surface area contributed by atoms with Gasteiger partial charge in [0, 0.05) is 6.07 Å². The van der Waals surface area contributed by atoms with Crippen LogP contribution in [-0.4, -0.2) is 0 Å². The van der Waals surface area contributed by atoms with E-state index in [9.17, 15) is 14.0 Å². The van der Waals surface area contributed by atoms with Gasteiger partial charge in [0.25, 0.3) is 0 Å². The van der Waals surface area contributed by atoms with E-state index in [1.807, 2.05) is 13.8 Å². The van der Waals surface area contributed by atoms with E-state index in [0.717, 1.165) is 18.9 Å². The lowest BCUT2D eigenvalue weighted by molar-refractivity contribution is 0.446. The first-order valence-electron chi connectivity index (χ1n) is 5.95. The van der Waals surface area contributed by atoms with Gasteiger partial charge in [0.1, 0.15) is 11.6 Å². The first-order chi connectivity index (χ1) is 8.07. The highest BCUT2D eigenvalue weighted by molar-refractivity contribution is 5.33. The van der Waals surface area contributed by atoms with Crippen LogP contribution in [0.3, 0.4) is 0 Å². The minimum Gasteiger partial charge on any atom is -0.207 e. The lowest BCUT2D eigenvalue weighted by Crippen LogP contribution is -2.24. The summed E-state index contributed by atoms with van der Waals surface area (Å²) >= 11 is 0. The van der Waals surface area contributed by atoms with Crippen LogP contribution >= 0.6 is 0 Å². The first-order valence-corrected chi connectivity index (χ1v) is 5.95. The van der Waals surface area contributed by atoms with Crippen molar-refractivity contribution in [2.75, 3.05) is 0 Å². The fourth-order valence-corrected chi connectivity index (χ4v) is 2.27. The molecule has 0 amide bonds. The van der Waals surface area contributed by atoms with Crippen LogP contribution in [0.5, 0.6) is 0 Å². The number of nitrogens with zero attached hydrogens (tertiary/aromatic N) is 1. The van der Waals surface area contributed by atoms with Gasteiger partial charge in [0.2, 0.25) is 0 Å². The smallest absolute Gasteiger partial charge is 0.126 e. The topological polar surface area (TPSA) is 23.8 Å². The molecular weight excluding hydrogens is 220 g/mol. The first kappa shape index (κ1) is 13.6. The summed E-state index contributed by atoms with van der Waals surface area (Å²) in [6, 6.07) is 5.64. The van der Waals surface area contributed by atoms with Gasteiger partial charge in [-0.25, -0.2) is 8.78 Å². The van der Waals surface area contributed by atoms with E-state index in [0.29, 0.717) is 18.4 Å². The molecule has 0 aliphatic rings. The Kier molecular flexibility index (Phi) is 4.62. The highest BCUT2D eigenvalue weighted by Crippen LogP contribution is 2.34. The molecule has 1 nitrogen and oxygen atoms in total. The van der Waals surface area contributed by atoms with Gasteiger partial charge in [-0.2, -0.15) is 5.26 Å². The van der Waals surface area contributed by atoms with Crippen LogP contribution in [0.15, 0.2) is 18.2 Å². The van der Waals surface area contributed by atoms with E-state index >= 15 is 0 Å². The highest BCUT2D eigenvalue weighted by atomic mass is 19.1. The maximum Gasteiger partial charge on any atom is 0.126 e. The lowest BCUT2D eigenvalue weighted by Gasteiger charge is -2.26. The third-order valence-corrected chi connectivity index (χ3v) is 2.98. The maximum absolute atomic E-state index is 13.2. The Morgan fingerprint density at radius 3 is 1.88 bits per heavy atom. The van der Waals surface area contributed by atoms with Gasteiger partial charge in [-0.1, -0.05) is 26.7 Å². The van der Waals surface area contributed by atoms with Crippen LogP contribution < -0.4 is 0 Å². The standard InChI is InChI=1S/C14H17F2N/c1-3-5-14(10-17,6-4-2)11-7-12(15)9-13(16)8-11/h7-9H,3-6H2,1-2H3. The minimum atomic E-state index is -0.758. The van der Waals surface area contributed by atoms with E-state index in [4.69, 9.17) is 0 Å². The summed E-state index contributed by atoms with van der Waals surface area (Å²) in [5, 5.41) is 9.38. The number of halogens is 2. The Bertz CT molecular complexity index is 394.